The molecule has 0 saturated carbocycles. The third kappa shape index (κ3) is 4.25. The summed E-state index contributed by atoms with van der Waals surface area (Å²) in [5, 5.41) is 8.84. The SMILES string of the molecule is CN1CCCCC1CCSc1ccc(C(=O)O)cc1. The van der Waals surface area contributed by atoms with E-state index < -0.39 is 5.97 Å². The summed E-state index contributed by atoms with van der Waals surface area (Å²) in [5.74, 6) is 0.238. The van der Waals surface area contributed by atoms with Gasteiger partial charge in [-0.2, -0.15) is 0 Å². The van der Waals surface area contributed by atoms with E-state index in [4.69, 9.17) is 5.11 Å². The fraction of sp³-hybridized carbons (Fsp3) is 0.533. The van der Waals surface area contributed by atoms with Crippen LogP contribution in [0.4, 0.5) is 0 Å². The molecule has 0 amide bonds. The lowest BCUT2D eigenvalue weighted by atomic mass is 10.0. The van der Waals surface area contributed by atoms with Crippen molar-refractivity contribution in [3.8, 4) is 0 Å². The molecule has 0 aliphatic carbocycles. The molecule has 2 rings (SSSR count). The number of carboxylic acids is 1. The van der Waals surface area contributed by atoms with Crippen molar-refractivity contribution in [1.29, 1.82) is 0 Å². The number of carbonyl (C=O) groups is 1. The second kappa shape index (κ2) is 6.96. The number of thioether (sulfide) groups is 1. The van der Waals surface area contributed by atoms with Gasteiger partial charge in [-0.3, -0.25) is 0 Å². The smallest absolute Gasteiger partial charge is 0.335 e. The van der Waals surface area contributed by atoms with Crippen LogP contribution in [0.15, 0.2) is 29.2 Å². The van der Waals surface area contributed by atoms with Crippen molar-refractivity contribution in [1.82, 2.24) is 4.90 Å². The summed E-state index contributed by atoms with van der Waals surface area (Å²) in [5.41, 5.74) is 0.358. The largest absolute Gasteiger partial charge is 0.478 e. The Morgan fingerprint density at radius 3 is 2.74 bits per heavy atom. The molecule has 1 saturated heterocycles. The first kappa shape index (κ1) is 14.4. The molecule has 0 radical (unpaired) electrons. The first-order valence-corrected chi connectivity index (χ1v) is 7.82. The molecule has 1 aliphatic rings. The Labute approximate surface area is 119 Å². The number of nitrogens with zero attached hydrogens (tertiary/aromatic N) is 1. The van der Waals surface area contributed by atoms with Crippen LogP contribution in [0.5, 0.6) is 0 Å². The lowest BCUT2D eigenvalue weighted by Crippen LogP contribution is -2.36. The van der Waals surface area contributed by atoms with Crippen LogP contribution in [0.1, 0.15) is 36.0 Å². The standard InChI is InChI=1S/C15H21NO2S/c1-16-10-3-2-4-13(16)9-11-19-14-7-5-12(6-8-14)15(17)18/h5-8,13H,2-4,9-11H2,1H3,(H,17,18). The highest BCUT2D eigenvalue weighted by Gasteiger charge is 2.18. The van der Waals surface area contributed by atoms with Gasteiger partial charge in [-0.25, -0.2) is 4.79 Å². The van der Waals surface area contributed by atoms with Gasteiger partial charge in [0.25, 0.3) is 0 Å². The molecule has 1 aromatic carbocycles. The molecule has 1 unspecified atom stereocenters. The zero-order valence-corrected chi connectivity index (χ0v) is 12.2. The number of piperidine rings is 1. The van der Waals surface area contributed by atoms with Crippen molar-refractivity contribution in [2.45, 2.75) is 36.6 Å². The first-order valence-electron chi connectivity index (χ1n) is 6.83. The van der Waals surface area contributed by atoms with Crippen molar-refractivity contribution in [2.75, 3.05) is 19.3 Å². The van der Waals surface area contributed by atoms with Crippen LogP contribution in [0, 0.1) is 0 Å². The number of hydrogen-bond acceptors (Lipinski definition) is 3. The van der Waals surface area contributed by atoms with E-state index in [2.05, 4.69) is 11.9 Å². The molecule has 4 heteroatoms. The third-order valence-corrected chi connectivity index (χ3v) is 4.79. The lowest BCUT2D eigenvalue weighted by Gasteiger charge is -2.32. The number of rotatable bonds is 5. The molecule has 19 heavy (non-hydrogen) atoms. The van der Waals surface area contributed by atoms with Crippen molar-refractivity contribution in [2.24, 2.45) is 0 Å². The van der Waals surface area contributed by atoms with Crippen molar-refractivity contribution in [3.63, 3.8) is 0 Å². The normalized spacial score (nSPS) is 20.4. The Kier molecular flexibility index (Phi) is 5.28. The molecule has 1 atom stereocenters. The van der Waals surface area contributed by atoms with E-state index in [1.807, 2.05) is 23.9 Å². The van der Waals surface area contributed by atoms with Crippen LogP contribution < -0.4 is 0 Å². The quantitative estimate of drug-likeness (QED) is 0.839. The zero-order chi connectivity index (χ0) is 13.7. The van der Waals surface area contributed by atoms with Crippen LogP contribution in [0.3, 0.4) is 0 Å². The number of carboxylic acid groups (broad SMARTS) is 1. The number of likely N-dealkylation sites (tertiary alicyclic amines) is 1. The number of benzene rings is 1. The maximum absolute atomic E-state index is 10.8. The minimum absolute atomic E-state index is 0.358. The van der Waals surface area contributed by atoms with E-state index >= 15 is 0 Å². The molecule has 0 bridgehead atoms. The number of hydrogen-bond donors (Lipinski definition) is 1. The average Bonchev–Trinajstić information content (AvgIpc) is 2.41. The Hall–Kier alpha value is -1.00. The second-order valence-corrected chi connectivity index (χ2v) is 6.27. The summed E-state index contributed by atoms with van der Waals surface area (Å²) in [7, 11) is 2.22. The van der Waals surface area contributed by atoms with Crippen molar-refractivity contribution >= 4 is 17.7 Å². The molecule has 1 fully saturated rings. The Balaban J connectivity index is 1.77. The highest BCUT2D eigenvalue weighted by molar-refractivity contribution is 7.99. The van der Waals surface area contributed by atoms with Gasteiger partial charge in [-0.05, 0) is 62.9 Å². The van der Waals surface area contributed by atoms with Gasteiger partial charge in [0.1, 0.15) is 0 Å². The summed E-state index contributed by atoms with van der Waals surface area (Å²) < 4.78 is 0. The minimum atomic E-state index is -0.861. The van der Waals surface area contributed by atoms with Gasteiger partial charge in [0, 0.05) is 10.9 Å². The summed E-state index contributed by atoms with van der Waals surface area (Å²) in [6.07, 6.45) is 5.21. The van der Waals surface area contributed by atoms with E-state index in [1.165, 1.54) is 32.2 Å². The first-order chi connectivity index (χ1) is 9.16. The van der Waals surface area contributed by atoms with E-state index in [9.17, 15) is 4.79 Å². The highest BCUT2D eigenvalue weighted by atomic mass is 32.2. The van der Waals surface area contributed by atoms with Gasteiger partial charge in [0.15, 0.2) is 0 Å². The molecule has 1 heterocycles. The van der Waals surface area contributed by atoms with E-state index in [-0.39, 0.29) is 0 Å². The predicted molar refractivity (Wildman–Crippen MR) is 79.0 cm³/mol. The molecular formula is C15H21NO2S. The molecule has 3 nitrogen and oxygen atoms in total. The minimum Gasteiger partial charge on any atom is -0.478 e. The van der Waals surface area contributed by atoms with Crippen LogP contribution in [-0.4, -0.2) is 41.4 Å². The molecule has 104 valence electrons. The summed E-state index contributed by atoms with van der Waals surface area (Å²) in [4.78, 5) is 14.4. The molecule has 0 aromatic heterocycles. The van der Waals surface area contributed by atoms with Gasteiger partial charge in [0.2, 0.25) is 0 Å². The highest BCUT2D eigenvalue weighted by Crippen LogP contribution is 2.24. The fourth-order valence-corrected chi connectivity index (χ4v) is 3.47. The molecule has 1 N–H and O–H groups in total. The summed E-state index contributed by atoms with van der Waals surface area (Å²) in [6, 6.07) is 7.88. The summed E-state index contributed by atoms with van der Waals surface area (Å²) in [6.45, 7) is 1.22. The average molecular weight is 279 g/mol. The molecule has 1 aromatic rings. The van der Waals surface area contributed by atoms with Gasteiger partial charge in [0.05, 0.1) is 5.56 Å². The van der Waals surface area contributed by atoms with E-state index in [0.29, 0.717) is 5.56 Å². The molecular weight excluding hydrogens is 258 g/mol. The van der Waals surface area contributed by atoms with Crippen molar-refractivity contribution in [3.05, 3.63) is 29.8 Å². The predicted octanol–water partition coefficient (Wildman–Crippen LogP) is 3.35. The Morgan fingerprint density at radius 2 is 2.11 bits per heavy atom. The van der Waals surface area contributed by atoms with Crippen LogP contribution in [0.2, 0.25) is 0 Å². The summed E-state index contributed by atoms with van der Waals surface area (Å²) >= 11 is 1.82. The Bertz CT molecular complexity index is 419. The van der Waals surface area contributed by atoms with Gasteiger partial charge in [-0.1, -0.05) is 6.42 Å². The van der Waals surface area contributed by atoms with E-state index in [1.54, 1.807) is 12.1 Å². The van der Waals surface area contributed by atoms with Crippen LogP contribution in [0.25, 0.3) is 0 Å². The topological polar surface area (TPSA) is 40.5 Å². The zero-order valence-electron chi connectivity index (χ0n) is 11.3. The fourth-order valence-electron chi connectivity index (χ4n) is 2.52. The van der Waals surface area contributed by atoms with Crippen LogP contribution >= 0.6 is 11.8 Å². The maximum atomic E-state index is 10.8. The number of aromatic carboxylic acids is 1. The van der Waals surface area contributed by atoms with Gasteiger partial charge < -0.3 is 10.0 Å². The van der Waals surface area contributed by atoms with Crippen molar-refractivity contribution < 1.29 is 9.90 Å². The molecule has 1 aliphatic heterocycles. The Morgan fingerprint density at radius 1 is 1.37 bits per heavy atom. The monoisotopic (exact) mass is 279 g/mol. The lowest BCUT2D eigenvalue weighted by molar-refractivity contribution is 0.0697. The maximum Gasteiger partial charge on any atom is 0.335 e. The second-order valence-electron chi connectivity index (χ2n) is 5.10. The third-order valence-electron chi connectivity index (χ3n) is 3.74. The van der Waals surface area contributed by atoms with Crippen LogP contribution in [-0.2, 0) is 0 Å². The molecule has 0 spiro atoms. The van der Waals surface area contributed by atoms with E-state index in [0.717, 1.165) is 16.7 Å². The van der Waals surface area contributed by atoms with Gasteiger partial charge in [-0.15, -0.1) is 11.8 Å². The van der Waals surface area contributed by atoms with Gasteiger partial charge >= 0.3 is 5.97 Å².